The van der Waals surface area contributed by atoms with Gasteiger partial charge in [-0.2, -0.15) is 0 Å². The molecule has 1 heterocycles. The lowest BCUT2D eigenvalue weighted by Crippen LogP contribution is -2.69. The van der Waals surface area contributed by atoms with Crippen LogP contribution in [0.3, 0.4) is 0 Å². The van der Waals surface area contributed by atoms with Crippen LogP contribution in [0.15, 0.2) is 0 Å². The minimum absolute atomic E-state index is 0.407. The molecule has 1 saturated heterocycles. The van der Waals surface area contributed by atoms with Crippen molar-refractivity contribution >= 4 is 0 Å². The molecule has 0 atom stereocenters. The van der Waals surface area contributed by atoms with Gasteiger partial charge < -0.3 is 5.32 Å². The Balaban J connectivity index is 2.43. The Bertz CT molecular complexity index is 133. The van der Waals surface area contributed by atoms with Crippen LogP contribution in [0, 0.1) is 0 Å². The third-order valence-electron chi connectivity index (χ3n) is 2.84. The zero-order chi connectivity index (χ0) is 9.24. The van der Waals surface area contributed by atoms with E-state index in [0.29, 0.717) is 11.1 Å². The van der Waals surface area contributed by atoms with Crippen molar-refractivity contribution in [1.82, 2.24) is 5.32 Å². The molecule has 0 unspecified atom stereocenters. The largest absolute Gasteiger partial charge is 0.306 e. The standard InChI is InChI=1S/C11H23N/c1-5-7-11(8-6-2)9-10(3,4)12-11/h12H,5-9H2,1-4H3. The van der Waals surface area contributed by atoms with Gasteiger partial charge in [0.05, 0.1) is 0 Å². The highest BCUT2D eigenvalue weighted by Crippen LogP contribution is 2.39. The van der Waals surface area contributed by atoms with E-state index in [0.717, 1.165) is 0 Å². The molecule has 1 aliphatic rings. The molecular formula is C11H23N. The Morgan fingerprint density at radius 2 is 1.50 bits per heavy atom. The molecule has 1 aliphatic heterocycles. The third kappa shape index (κ3) is 2.01. The molecule has 0 spiro atoms. The molecule has 0 aliphatic carbocycles. The van der Waals surface area contributed by atoms with Gasteiger partial charge in [0.2, 0.25) is 0 Å². The maximum atomic E-state index is 3.73. The fourth-order valence-corrected chi connectivity index (χ4v) is 2.93. The predicted molar refractivity (Wildman–Crippen MR) is 54.4 cm³/mol. The zero-order valence-electron chi connectivity index (χ0n) is 9.04. The number of rotatable bonds is 4. The maximum absolute atomic E-state index is 3.73. The summed E-state index contributed by atoms with van der Waals surface area (Å²) in [5.41, 5.74) is 0.914. The van der Waals surface area contributed by atoms with E-state index in [-0.39, 0.29) is 0 Å². The summed E-state index contributed by atoms with van der Waals surface area (Å²) in [6.07, 6.45) is 6.68. The molecule has 1 N–H and O–H groups in total. The van der Waals surface area contributed by atoms with E-state index < -0.39 is 0 Å². The highest BCUT2D eigenvalue weighted by molar-refractivity contribution is 5.07. The lowest BCUT2D eigenvalue weighted by Gasteiger charge is -2.55. The quantitative estimate of drug-likeness (QED) is 0.682. The van der Waals surface area contributed by atoms with Crippen molar-refractivity contribution in [1.29, 1.82) is 0 Å². The summed E-state index contributed by atoms with van der Waals surface area (Å²) >= 11 is 0. The van der Waals surface area contributed by atoms with Crippen LogP contribution in [0.5, 0.6) is 0 Å². The first-order chi connectivity index (χ1) is 5.54. The smallest absolute Gasteiger partial charge is 0.0203 e. The van der Waals surface area contributed by atoms with Crippen molar-refractivity contribution in [2.24, 2.45) is 0 Å². The van der Waals surface area contributed by atoms with Crippen LogP contribution in [0.4, 0.5) is 0 Å². The molecule has 72 valence electrons. The molecule has 12 heavy (non-hydrogen) atoms. The summed E-state index contributed by atoms with van der Waals surface area (Å²) in [7, 11) is 0. The van der Waals surface area contributed by atoms with E-state index in [1.807, 2.05) is 0 Å². The molecule has 1 rings (SSSR count). The minimum atomic E-state index is 0.407. The molecule has 0 bridgehead atoms. The van der Waals surface area contributed by atoms with Crippen molar-refractivity contribution in [3.8, 4) is 0 Å². The highest BCUT2D eigenvalue weighted by atomic mass is 15.1. The van der Waals surface area contributed by atoms with Crippen molar-refractivity contribution in [2.45, 2.75) is 70.9 Å². The van der Waals surface area contributed by atoms with Gasteiger partial charge >= 0.3 is 0 Å². The molecule has 1 heteroatoms. The van der Waals surface area contributed by atoms with E-state index in [1.165, 1.54) is 32.1 Å². The molecule has 0 aromatic heterocycles. The number of nitrogens with one attached hydrogen (secondary N) is 1. The second-order valence-electron chi connectivity index (χ2n) is 4.97. The molecule has 1 fully saturated rings. The van der Waals surface area contributed by atoms with Crippen LogP contribution in [0.25, 0.3) is 0 Å². The van der Waals surface area contributed by atoms with Gasteiger partial charge in [0, 0.05) is 11.1 Å². The number of hydrogen-bond donors (Lipinski definition) is 1. The summed E-state index contributed by atoms with van der Waals surface area (Å²) in [6, 6.07) is 0. The van der Waals surface area contributed by atoms with Crippen molar-refractivity contribution in [3.05, 3.63) is 0 Å². The Morgan fingerprint density at radius 3 is 1.75 bits per heavy atom. The molecule has 0 amide bonds. The third-order valence-corrected chi connectivity index (χ3v) is 2.84. The normalized spacial score (nSPS) is 25.0. The summed E-state index contributed by atoms with van der Waals surface area (Å²) < 4.78 is 0. The van der Waals surface area contributed by atoms with Gasteiger partial charge in [-0.15, -0.1) is 0 Å². The molecule has 0 aromatic rings. The monoisotopic (exact) mass is 169 g/mol. The van der Waals surface area contributed by atoms with Crippen LogP contribution in [0.1, 0.15) is 59.8 Å². The van der Waals surface area contributed by atoms with E-state index in [9.17, 15) is 0 Å². The van der Waals surface area contributed by atoms with Gasteiger partial charge in [-0.25, -0.2) is 0 Å². The Kier molecular flexibility index (Phi) is 2.82. The lowest BCUT2D eigenvalue weighted by atomic mass is 9.69. The minimum Gasteiger partial charge on any atom is -0.306 e. The average molecular weight is 169 g/mol. The first kappa shape index (κ1) is 10.0. The highest BCUT2D eigenvalue weighted by Gasteiger charge is 2.46. The fraction of sp³-hybridized carbons (Fsp3) is 1.00. The maximum Gasteiger partial charge on any atom is 0.0203 e. The predicted octanol–water partition coefficient (Wildman–Crippen LogP) is 3.10. The summed E-state index contributed by atoms with van der Waals surface area (Å²) in [4.78, 5) is 0. The zero-order valence-corrected chi connectivity index (χ0v) is 9.04. The van der Waals surface area contributed by atoms with E-state index >= 15 is 0 Å². The molecule has 0 aromatic carbocycles. The van der Waals surface area contributed by atoms with Crippen LogP contribution >= 0.6 is 0 Å². The number of hydrogen-bond acceptors (Lipinski definition) is 1. The summed E-state index contributed by atoms with van der Waals surface area (Å²) in [6.45, 7) is 9.17. The SMILES string of the molecule is CCCC1(CCC)CC(C)(C)N1. The molecule has 0 saturated carbocycles. The van der Waals surface area contributed by atoms with Crippen LogP contribution in [-0.4, -0.2) is 11.1 Å². The van der Waals surface area contributed by atoms with Gasteiger partial charge in [0.25, 0.3) is 0 Å². The molecule has 1 nitrogen and oxygen atoms in total. The van der Waals surface area contributed by atoms with Gasteiger partial charge in [-0.1, -0.05) is 26.7 Å². The lowest BCUT2D eigenvalue weighted by molar-refractivity contribution is 0.0523. The van der Waals surface area contributed by atoms with Gasteiger partial charge in [0.15, 0.2) is 0 Å². The average Bonchev–Trinajstić information content (AvgIpc) is 1.83. The first-order valence-electron chi connectivity index (χ1n) is 5.33. The summed E-state index contributed by atoms with van der Waals surface area (Å²) in [5, 5.41) is 3.73. The fourth-order valence-electron chi connectivity index (χ4n) is 2.93. The second kappa shape index (κ2) is 3.37. The second-order valence-corrected chi connectivity index (χ2v) is 4.97. The Labute approximate surface area is 76.9 Å². The van der Waals surface area contributed by atoms with E-state index in [1.54, 1.807) is 0 Å². The van der Waals surface area contributed by atoms with Crippen LogP contribution in [0.2, 0.25) is 0 Å². The molecule has 0 radical (unpaired) electrons. The topological polar surface area (TPSA) is 12.0 Å². The first-order valence-corrected chi connectivity index (χ1v) is 5.33. The van der Waals surface area contributed by atoms with Crippen molar-refractivity contribution in [2.75, 3.05) is 0 Å². The van der Waals surface area contributed by atoms with E-state index in [4.69, 9.17) is 0 Å². The van der Waals surface area contributed by atoms with Crippen molar-refractivity contribution in [3.63, 3.8) is 0 Å². The Hall–Kier alpha value is -0.0400. The summed E-state index contributed by atoms with van der Waals surface area (Å²) in [5.74, 6) is 0. The van der Waals surface area contributed by atoms with Crippen LogP contribution in [-0.2, 0) is 0 Å². The molecular weight excluding hydrogens is 146 g/mol. The van der Waals surface area contributed by atoms with Gasteiger partial charge in [-0.3, -0.25) is 0 Å². The van der Waals surface area contributed by atoms with Crippen molar-refractivity contribution < 1.29 is 0 Å². The van der Waals surface area contributed by atoms with Gasteiger partial charge in [-0.05, 0) is 33.1 Å². The Morgan fingerprint density at radius 1 is 1.08 bits per heavy atom. The van der Waals surface area contributed by atoms with Gasteiger partial charge in [0.1, 0.15) is 0 Å². The van der Waals surface area contributed by atoms with Crippen LogP contribution < -0.4 is 5.32 Å². The van der Waals surface area contributed by atoms with E-state index in [2.05, 4.69) is 33.0 Å².